The van der Waals surface area contributed by atoms with Crippen LogP contribution in [-0.4, -0.2) is 34.9 Å². The maximum atomic E-state index is 5.30. The molecule has 0 unspecified atom stereocenters. The lowest BCUT2D eigenvalue weighted by atomic mass is 9.98. The quantitative estimate of drug-likeness (QED) is 0.201. The van der Waals surface area contributed by atoms with Gasteiger partial charge in [-0.25, -0.2) is 24.9 Å². The molecule has 0 saturated heterocycles. The Hall–Kier alpha value is -5.69. The van der Waals surface area contributed by atoms with Gasteiger partial charge in [-0.3, -0.25) is 0 Å². The summed E-state index contributed by atoms with van der Waals surface area (Å²) in [6.07, 6.45) is 4.22. The summed E-state index contributed by atoms with van der Waals surface area (Å²) in [5.41, 5.74) is 9.45. The molecule has 2 N–H and O–H groups in total. The fourth-order valence-corrected chi connectivity index (χ4v) is 6.73. The van der Waals surface area contributed by atoms with Crippen LogP contribution in [0.3, 0.4) is 0 Å². The monoisotopic (exact) mass is 583 g/mol. The summed E-state index contributed by atoms with van der Waals surface area (Å²) in [4.78, 5) is 33.1. The molecule has 7 nitrogen and oxygen atoms in total. The van der Waals surface area contributed by atoms with Gasteiger partial charge in [-0.05, 0) is 12.8 Å². The number of aromatic amines is 2. The molecule has 3 aromatic heterocycles. The predicted molar refractivity (Wildman–Crippen MR) is 181 cm³/mol. The molecule has 4 aromatic carbocycles. The van der Waals surface area contributed by atoms with E-state index >= 15 is 0 Å². The van der Waals surface area contributed by atoms with Crippen LogP contribution in [-0.2, 0) is 6.42 Å². The molecule has 7 aromatic rings. The smallest absolute Gasteiger partial charge is 0.164 e. The second-order valence-corrected chi connectivity index (χ2v) is 11.7. The van der Waals surface area contributed by atoms with Crippen molar-refractivity contribution in [2.45, 2.75) is 32.6 Å². The molecule has 0 amide bonds. The third-order valence-electron chi connectivity index (χ3n) is 8.90. The van der Waals surface area contributed by atoms with E-state index in [1.165, 1.54) is 5.56 Å². The molecular formula is C38H29N7. The number of benzene rings is 4. The molecule has 0 atom stereocenters. The van der Waals surface area contributed by atoms with Gasteiger partial charge < -0.3 is 9.97 Å². The molecule has 0 radical (unpaired) electrons. The van der Waals surface area contributed by atoms with Crippen LogP contribution in [0.1, 0.15) is 31.7 Å². The third-order valence-corrected chi connectivity index (χ3v) is 8.90. The molecule has 2 aliphatic rings. The van der Waals surface area contributed by atoms with E-state index < -0.39 is 0 Å². The highest BCUT2D eigenvalue weighted by Gasteiger charge is 2.23. The lowest BCUT2D eigenvalue weighted by molar-refractivity contribution is 0.719. The van der Waals surface area contributed by atoms with Crippen molar-refractivity contribution < 1.29 is 0 Å². The highest BCUT2D eigenvalue weighted by molar-refractivity contribution is 6.08. The van der Waals surface area contributed by atoms with E-state index in [1.807, 2.05) is 24.3 Å². The Balaban J connectivity index is 1.51. The van der Waals surface area contributed by atoms with E-state index in [-0.39, 0.29) is 0 Å². The molecular weight excluding hydrogens is 554 g/mol. The maximum Gasteiger partial charge on any atom is 0.164 e. The van der Waals surface area contributed by atoms with Crippen LogP contribution < -0.4 is 0 Å². The van der Waals surface area contributed by atoms with E-state index in [0.29, 0.717) is 23.1 Å². The van der Waals surface area contributed by atoms with E-state index in [2.05, 4.69) is 89.7 Å². The standard InChI is InChI=1S/C38H29N7/c1-2-3-4-21-30-31-22-13-5-7-15-24(22)33(39-31)41-35-26-17-9-11-19-28(26)37(43-35)45-38-29-20-12-10-18-27(29)36(44-38)42-34-25-16-8-6-14-23(25)32(30)40-34/h5-20H,2-4,21H2,1H3,(H2,39,40,41,42,43,44,45). The van der Waals surface area contributed by atoms with Gasteiger partial charge in [0.25, 0.3) is 0 Å². The summed E-state index contributed by atoms with van der Waals surface area (Å²) in [6, 6.07) is 33.3. The van der Waals surface area contributed by atoms with Gasteiger partial charge in [-0.15, -0.1) is 0 Å². The van der Waals surface area contributed by atoms with Gasteiger partial charge in [0.2, 0.25) is 0 Å². The lowest BCUT2D eigenvalue weighted by Gasteiger charge is -2.06. The van der Waals surface area contributed by atoms with E-state index in [0.717, 1.165) is 92.0 Å². The van der Waals surface area contributed by atoms with E-state index in [1.54, 1.807) is 0 Å². The Kier molecular flexibility index (Phi) is 5.84. The second-order valence-electron chi connectivity index (χ2n) is 11.7. The fraction of sp³-hybridized carbons (Fsp3) is 0.132. The molecule has 45 heavy (non-hydrogen) atoms. The van der Waals surface area contributed by atoms with E-state index in [9.17, 15) is 0 Å². The lowest BCUT2D eigenvalue weighted by Crippen LogP contribution is -1.92. The van der Waals surface area contributed by atoms with Crippen molar-refractivity contribution in [3.63, 3.8) is 0 Å². The molecule has 5 heterocycles. The van der Waals surface area contributed by atoms with Crippen molar-refractivity contribution >= 4 is 44.0 Å². The van der Waals surface area contributed by atoms with Crippen LogP contribution in [0.2, 0.25) is 0 Å². The maximum absolute atomic E-state index is 5.30. The first kappa shape index (κ1) is 25.8. The summed E-state index contributed by atoms with van der Waals surface area (Å²) in [5, 5.41) is 4.14. The van der Waals surface area contributed by atoms with Gasteiger partial charge >= 0.3 is 0 Å². The number of H-pyrrole nitrogens is 2. The largest absolute Gasteiger partial charge is 0.339 e. The minimum atomic E-state index is 0.622. The number of nitrogens with one attached hydrogen (secondary N) is 2. The SMILES string of the molecule is CCCCCc1c2nc(nc3[nH]c(nc4nc(nc5[nH]c1c1ccccc51)-c1ccccc1-4)c1ccccc31)-c1ccccc1-2. The first-order chi connectivity index (χ1) is 22.3. The zero-order chi connectivity index (χ0) is 29.9. The van der Waals surface area contributed by atoms with Gasteiger partial charge in [0.05, 0.1) is 11.2 Å². The van der Waals surface area contributed by atoms with Gasteiger partial charge in [0.15, 0.2) is 17.5 Å². The molecule has 7 heteroatoms. The first-order valence-corrected chi connectivity index (χ1v) is 15.6. The van der Waals surface area contributed by atoms with Gasteiger partial charge in [0, 0.05) is 49.4 Å². The first-order valence-electron chi connectivity index (χ1n) is 15.6. The van der Waals surface area contributed by atoms with Crippen molar-refractivity contribution in [2.24, 2.45) is 0 Å². The topological polar surface area (TPSA) is 96.0 Å². The fourth-order valence-electron chi connectivity index (χ4n) is 6.73. The Labute approximate surface area is 259 Å². The summed E-state index contributed by atoms with van der Waals surface area (Å²) >= 11 is 0. The van der Waals surface area contributed by atoms with Crippen LogP contribution >= 0.6 is 0 Å². The minimum Gasteiger partial charge on any atom is -0.339 e. The van der Waals surface area contributed by atoms with Crippen molar-refractivity contribution in [2.75, 3.05) is 0 Å². The van der Waals surface area contributed by atoms with E-state index in [4.69, 9.17) is 24.9 Å². The van der Waals surface area contributed by atoms with Crippen molar-refractivity contribution in [3.8, 4) is 45.4 Å². The normalized spacial score (nSPS) is 12.0. The molecule has 216 valence electrons. The van der Waals surface area contributed by atoms with Crippen LogP contribution in [0.4, 0.5) is 0 Å². The number of hydrogen-bond acceptors (Lipinski definition) is 5. The second kappa shape index (κ2) is 10.2. The summed E-state index contributed by atoms with van der Waals surface area (Å²) in [6.45, 7) is 2.24. The number of unbranched alkanes of at least 4 members (excludes halogenated alkanes) is 2. The Morgan fingerprint density at radius 1 is 0.467 bits per heavy atom. The Morgan fingerprint density at radius 2 is 0.933 bits per heavy atom. The summed E-state index contributed by atoms with van der Waals surface area (Å²) < 4.78 is 0. The molecule has 2 aliphatic heterocycles. The van der Waals surface area contributed by atoms with Crippen molar-refractivity contribution in [1.82, 2.24) is 34.9 Å². The number of rotatable bonds is 4. The average molecular weight is 584 g/mol. The minimum absolute atomic E-state index is 0.622. The van der Waals surface area contributed by atoms with Gasteiger partial charge in [-0.2, -0.15) is 0 Å². The highest BCUT2D eigenvalue weighted by atomic mass is 15.0. The predicted octanol–water partition coefficient (Wildman–Crippen LogP) is 9.21. The number of aryl methyl sites for hydroxylation is 1. The zero-order valence-corrected chi connectivity index (χ0v) is 24.8. The molecule has 8 bridgehead atoms. The average Bonchev–Trinajstić information content (AvgIpc) is 3.82. The summed E-state index contributed by atoms with van der Waals surface area (Å²) in [5.74, 6) is 1.96. The van der Waals surface area contributed by atoms with Crippen LogP contribution in [0, 0.1) is 0 Å². The third kappa shape index (κ3) is 4.08. The molecule has 0 spiro atoms. The number of aromatic nitrogens is 7. The number of hydrogen-bond donors (Lipinski definition) is 2. The zero-order valence-electron chi connectivity index (χ0n) is 24.8. The summed E-state index contributed by atoms with van der Waals surface area (Å²) in [7, 11) is 0. The van der Waals surface area contributed by atoms with Crippen molar-refractivity contribution in [3.05, 3.63) is 103 Å². The number of nitrogens with zero attached hydrogens (tertiary/aromatic N) is 5. The van der Waals surface area contributed by atoms with Crippen LogP contribution in [0.15, 0.2) is 97.1 Å². The Morgan fingerprint density at radius 3 is 1.53 bits per heavy atom. The number of fused-ring (bicyclic) bond motifs is 20. The van der Waals surface area contributed by atoms with Crippen LogP contribution in [0.25, 0.3) is 89.4 Å². The van der Waals surface area contributed by atoms with Gasteiger partial charge in [0.1, 0.15) is 16.9 Å². The Bertz CT molecular complexity index is 2470. The van der Waals surface area contributed by atoms with Crippen LogP contribution in [0.5, 0.6) is 0 Å². The molecule has 0 fully saturated rings. The molecule has 9 rings (SSSR count). The molecule has 0 saturated carbocycles. The highest BCUT2D eigenvalue weighted by Crippen LogP contribution is 2.40. The molecule has 0 aliphatic carbocycles. The van der Waals surface area contributed by atoms with Gasteiger partial charge in [-0.1, -0.05) is 117 Å². The van der Waals surface area contributed by atoms with Crippen molar-refractivity contribution in [1.29, 1.82) is 0 Å².